The second kappa shape index (κ2) is 5.91. The van der Waals surface area contributed by atoms with Gasteiger partial charge in [-0.3, -0.25) is 9.48 Å². The molecule has 0 aliphatic rings. The molecular formula is C18H19ClN4O. The Morgan fingerprint density at radius 2 is 2.00 bits per heavy atom. The number of nitrogens with zero attached hydrogens (tertiary/aromatic N) is 3. The second-order valence-corrected chi connectivity index (χ2v) is 7.21. The van der Waals surface area contributed by atoms with Gasteiger partial charge in [0.15, 0.2) is 5.65 Å². The standard InChI is InChI=1S/C18H19ClN4O/c1-18(2,3)15-9-13(14-10-20-23(4)16(14)22-15)17(24)21-12-7-5-6-11(19)8-12/h5-10H,1-4H3,(H,21,24). The van der Waals surface area contributed by atoms with Gasteiger partial charge in [-0.05, 0) is 24.3 Å². The van der Waals surface area contributed by atoms with Crippen LogP contribution in [0.1, 0.15) is 36.8 Å². The lowest BCUT2D eigenvalue weighted by molar-refractivity contribution is 0.102. The van der Waals surface area contributed by atoms with Crippen LogP contribution in [-0.4, -0.2) is 20.7 Å². The van der Waals surface area contributed by atoms with Crippen molar-refractivity contribution in [1.82, 2.24) is 14.8 Å². The summed E-state index contributed by atoms with van der Waals surface area (Å²) in [5.41, 5.74) is 2.56. The van der Waals surface area contributed by atoms with Crippen molar-refractivity contribution < 1.29 is 4.79 Å². The van der Waals surface area contributed by atoms with Crippen LogP contribution >= 0.6 is 11.6 Å². The number of halogens is 1. The average Bonchev–Trinajstić information content (AvgIpc) is 2.87. The van der Waals surface area contributed by atoms with E-state index in [0.717, 1.165) is 11.1 Å². The number of fused-ring (bicyclic) bond motifs is 1. The third-order valence-electron chi connectivity index (χ3n) is 3.80. The molecule has 0 spiro atoms. The SMILES string of the molecule is Cn1ncc2c(C(=O)Nc3cccc(Cl)c3)cc(C(C)(C)C)nc21. The van der Waals surface area contributed by atoms with E-state index in [-0.39, 0.29) is 11.3 Å². The van der Waals surface area contributed by atoms with Gasteiger partial charge in [0, 0.05) is 28.9 Å². The van der Waals surface area contributed by atoms with Gasteiger partial charge < -0.3 is 5.32 Å². The summed E-state index contributed by atoms with van der Waals surface area (Å²) >= 11 is 5.98. The van der Waals surface area contributed by atoms with Gasteiger partial charge in [-0.25, -0.2) is 4.98 Å². The van der Waals surface area contributed by atoms with E-state index in [0.29, 0.717) is 21.9 Å². The van der Waals surface area contributed by atoms with Crippen molar-refractivity contribution in [3.8, 4) is 0 Å². The van der Waals surface area contributed by atoms with Gasteiger partial charge in [0.2, 0.25) is 0 Å². The molecule has 3 rings (SSSR count). The summed E-state index contributed by atoms with van der Waals surface area (Å²) in [5.74, 6) is -0.205. The molecular weight excluding hydrogens is 324 g/mol. The van der Waals surface area contributed by atoms with Crippen LogP contribution in [0.25, 0.3) is 11.0 Å². The Morgan fingerprint density at radius 3 is 2.67 bits per heavy atom. The number of carbonyl (C=O) groups excluding carboxylic acids is 1. The molecule has 2 heterocycles. The summed E-state index contributed by atoms with van der Waals surface area (Å²) in [6, 6.07) is 8.91. The summed E-state index contributed by atoms with van der Waals surface area (Å²) in [6.07, 6.45) is 1.67. The number of amides is 1. The van der Waals surface area contributed by atoms with E-state index in [2.05, 4.69) is 36.2 Å². The van der Waals surface area contributed by atoms with Crippen LogP contribution in [-0.2, 0) is 12.5 Å². The van der Waals surface area contributed by atoms with E-state index in [4.69, 9.17) is 11.6 Å². The Balaban J connectivity index is 2.09. The molecule has 124 valence electrons. The van der Waals surface area contributed by atoms with Gasteiger partial charge in [-0.1, -0.05) is 38.4 Å². The van der Waals surface area contributed by atoms with Crippen LogP contribution in [0, 0.1) is 0 Å². The van der Waals surface area contributed by atoms with E-state index in [1.165, 1.54) is 0 Å². The largest absolute Gasteiger partial charge is 0.322 e. The molecule has 0 unspecified atom stereocenters. The highest BCUT2D eigenvalue weighted by Gasteiger charge is 2.22. The fraction of sp³-hybridized carbons (Fsp3) is 0.278. The molecule has 6 heteroatoms. The summed E-state index contributed by atoms with van der Waals surface area (Å²) < 4.78 is 1.68. The highest BCUT2D eigenvalue weighted by Crippen LogP contribution is 2.27. The molecule has 2 aromatic heterocycles. The van der Waals surface area contributed by atoms with Gasteiger partial charge in [-0.2, -0.15) is 5.10 Å². The predicted molar refractivity (Wildman–Crippen MR) is 96.6 cm³/mol. The first-order valence-electron chi connectivity index (χ1n) is 7.66. The van der Waals surface area contributed by atoms with Gasteiger partial charge in [-0.15, -0.1) is 0 Å². The maximum atomic E-state index is 12.8. The van der Waals surface area contributed by atoms with Crippen LogP contribution in [0.15, 0.2) is 36.5 Å². The number of anilines is 1. The van der Waals surface area contributed by atoms with E-state index < -0.39 is 0 Å². The zero-order valence-corrected chi connectivity index (χ0v) is 14.8. The molecule has 1 N–H and O–H groups in total. The van der Waals surface area contributed by atoms with Gasteiger partial charge in [0.05, 0.1) is 17.1 Å². The van der Waals surface area contributed by atoms with Crippen LogP contribution in [0.3, 0.4) is 0 Å². The fourth-order valence-electron chi connectivity index (χ4n) is 2.45. The van der Waals surface area contributed by atoms with Crippen LogP contribution in [0.2, 0.25) is 5.02 Å². The number of hydrogen-bond donors (Lipinski definition) is 1. The zero-order valence-electron chi connectivity index (χ0n) is 14.1. The predicted octanol–water partition coefficient (Wildman–Crippen LogP) is 4.17. The van der Waals surface area contributed by atoms with Crippen LogP contribution in [0.4, 0.5) is 5.69 Å². The van der Waals surface area contributed by atoms with E-state index in [1.807, 2.05) is 13.1 Å². The molecule has 0 aliphatic carbocycles. The second-order valence-electron chi connectivity index (χ2n) is 6.77. The van der Waals surface area contributed by atoms with Crippen molar-refractivity contribution in [3.63, 3.8) is 0 Å². The van der Waals surface area contributed by atoms with E-state index >= 15 is 0 Å². The lowest BCUT2D eigenvalue weighted by Gasteiger charge is -2.19. The maximum absolute atomic E-state index is 12.8. The normalized spacial score (nSPS) is 11.7. The molecule has 5 nitrogen and oxygen atoms in total. The first-order chi connectivity index (χ1) is 11.3. The Kier molecular flexibility index (Phi) is 4.05. The lowest BCUT2D eigenvalue weighted by Crippen LogP contribution is -2.18. The monoisotopic (exact) mass is 342 g/mol. The number of aryl methyl sites for hydroxylation is 1. The van der Waals surface area contributed by atoms with Crippen LogP contribution < -0.4 is 5.32 Å². The van der Waals surface area contributed by atoms with Crippen molar-refractivity contribution >= 4 is 34.2 Å². The van der Waals surface area contributed by atoms with Crippen molar-refractivity contribution in [2.45, 2.75) is 26.2 Å². The highest BCUT2D eigenvalue weighted by atomic mass is 35.5. The third-order valence-corrected chi connectivity index (χ3v) is 4.04. The molecule has 0 saturated carbocycles. The van der Waals surface area contributed by atoms with Gasteiger partial charge >= 0.3 is 0 Å². The molecule has 0 bridgehead atoms. The van der Waals surface area contributed by atoms with Crippen molar-refractivity contribution in [3.05, 3.63) is 52.8 Å². The zero-order chi connectivity index (χ0) is 17.5. The van der Waals surface area contributed by atoms with E-state index in [1.54, 1.807) is 35.1 Å². The maximum Gasteiger partial charge on any atom is 0.256 e. The van der Waals surface area contributed by atoms with Gasteiger partial charge in [0.25, 0.3) is 5.91 Å². The lowest BCUT2D eigenvalue weighted by atomic mass is 9.90. The van der Waals surface area contributed by atoms with Crippen molar-refractivity contribution in [1.29, 1.82) is 0 Å². The molecule has 0 fully saturated rings. The number of aromatic nitrogens is 3. The third kappa shape index (κ3) is 3.12. The van der Waals surface area contributed by atoms with Crippen LogP contribution in [0.5, 0.6) is 0 Å². The molecule has 0 aliphatic heterocycles. The number of rotatable bonds is 2. The molecule has 3 aromatic rings. The fourth-order valence-corrected chi connectivity index (χ4v) is 2.64. The molecule has 0 saturated heterocycles. The first-order valence-corrected chi connectivity index (χ1v) is 8.03. The number of hydrogen-bond acceptors (Lipinski definition) is 3. The minimum Gasteiger partial charge on any atom is -0.322 e. The summed E-state index contributed by atoms with van der Waals surface area (Å²) in [5, 5.41) is 8.43. The number of carbonyl (C=O) groups is 1. The van der Waals surface area contributed by atoms with E-state index in [9.17, 15) is 4.79 Å². The summed E-state index contributed by atoms with van der Waals surface area (Å²) in [4.78, 5) is 17.5. The molecule has 24 heavy (non-hydrogen) atoms. The average molecular weight is 343 g/mol. The summed E-state index contributed by atoms with van der Waals surface area (Å²) in [7, 11) is 1.82. The first kappa shape index (κ1) is 16.5. The quantitative estimate of drug-likeness (QED) is 0.760. The number of pyridine rings is 1. The topological polar surface area (TPSA) is 59.8 Å². The Labute approximate surface area is 145 Å². The highest BCUT2D eigenvalue weighted by molar-refractivity contribution is 6.31. The summed E-state index contributed by atoms with van der Waals surface area (Å²) in [6.45, 7) is 6.20. The molecule has 1 aromatic carbocycles. The van der Waals surface area contributed by atoms with Gasteiger partial charge in [0.1, 0.15) is 0 Å². The number of nitrogens with one attached hydrogen (secondary N) is 1. The van der Waals surface area contributed by atoms with Crippen molar-refractivity contribution in [2.24, 2.45) is 7.05 Å². The van der Waals surface area contributed by atoms with Crippen molar-refractivity contribution in [2.75, 3.05) is 5.32 Å². The Hall–Kier alpha value is -2.40. The Morgan fingerprint density at radius 1 is 1.25 bits per heavy atom. The minimum atomic E-state index is -0.205. The molecule has 1 amide bonds. The smallest absolute Gasteiger partial charge is 0.256 e. The Bertz CT molecular complexity index is 924. The minimum absolute atomic E-state index is 0.177. The molecule has 0 radical (unpaired) electrons. The molecule has 0 atom stereocenters. The number of benzene rings is 1.